The summed E-state index contributed by atoms with van der Waals surface area (Å²) in [6.45, 7) is 0. The highest BCUT2D eigenvalue weighted by molar-refractivity contribution is 8.00. The molecule has 1 aliphatic heterocycles. The lowest BCUT2D eigenvalue weighted by Crippen LogP contribution is -2.33. The molecule has 0 radical (unpaired) electrons. The van der Waals surface area contributed by atoms with Crippen LogP contribution in [-0.4, -0.2) is 22.5 Å². The molecule has 2 aliphatic carbocycles. The molecule has 3 nitrogen and oxygen atoms in total. The average molecular weight is 378 g/mol. The van der Waals surface area contributed by atoms with Crippen molar-refractivity contribution >= 4 is 35.3 Å². The van der Waals surface area contributed by atoms with Crippen LogP contribution in [0, 0.1) is 21.7 Å². The van der Waals surface area contributed by atoms with Crippen LogP contribution in [0.1, 0.15) is 35.6 Å². The van der Waals surface area contributed by atoms with Crippen LogP contribution in [-0.2, 0) is 0 Å². The standard InChI is InChI=1S/C18H19NO2S3/c1-21-12-7-9(4-5-11(12)20)14-13-8-2-3-10(6-8)15(13)23-17-16(14)24-18(22)19-17/h4-5,7-8,10,13-15,20H,2-3,6H2,1H3,(H,19,22). The van der Waals surface area contributed by atoms with E-state index in [0.717, 1.165) is 15.8 Å². The van der Waals surface area contributed by atoms with Gasteiger partial charge in [-0.05, 0) is 66.9 Å². The van der Waals surface area contributed by atoms with E-state index in [-0.39, 0.29) is 5.75 Å². The molecule has 1 aromatic carbocycles. The van der Waals surface area contributed by atoms with Gasteiger partial charge >= 0.3 is 0 Å². The average Bonchev–Trinajstić information content (AvgIpc) is 3.26. The molecule has 1 aromatic heterocycles. The van der Waals surface area contributed by atoms with Crippen molar-refractivity contribution in [1.29, 1.82) is 0 Å². The first kappa shape index (κ1) is 15.3. The summed E-state index contributed by atoms with van der Waals surface area (Å²) in [4.78, 5) is 4.81. The van der Waals surface area contributed by atoms with Gasteiger partial charge in [-0.1, -0.05) is 6.07 Å². The normalized spacial score (nSPS) is 33.3. The molecule has 126 valence electrons. The van der Waals surface area contributed by atoms with Gasteiger partial charge in [-0.2, -0.15) is 0 Å². The molecule has 5 rings (SSSR count). The molecule has 0 amide bonds. The molecule has 3 aliphatic rings. The number of rotatable bonds is 2. The molecule has 2 N–H and O–H groups in total. The minimum atomic E-state index is 0.206. The third kappa shape index (κ3) is 2.12. The fourth-order valence-corrected chi connectivity index (χ4v) is 8.45. The number of methoxy groups -OCH3 is 1. The largest absolute Gasteiger partial charge is 0.504 e. The SMILES string of the molecule is COc1cc(C2c3sc(=S)[nH]c3SC3C4CCC(C4)C23)ccc1O. The second-order valence-corrected chi connectivity index (χ2v) is 10.0. The zero-order valence-electron chi connectivity index (χ0n) is 13.3. The van der Waals surface area contributed by atoms with E-state index in [9.17, 15) is 5.11 Å². The molecule has 2 aromatic rings. The summed E-state index contributed by atoms with van der Waals surface area (Å²) in [7, 11) is 1.61. The maximum Gasteiger partial charge on any atom is 0.160 e. The summed E-state index contributed by atoms with van der Waals surface area (Å²) in [5.74, 6) is 3.48. The highest BCUT2D eigenvalue weighted by atomic mass is 32.2. The van der Waals surface area contributed by atoms with Crippen molar-refractivity contribution < 1.29 is 9.84 Å². The molecular formula is C18H19NO2S3. The number of aromatic amines is 1. The summed E-state index contributed by atoms with van der Waals surface area (Å²) in [6, 6.07) is 5.85. The zero-order valence-corrected chi connectivity index (χ0v) is 15.8. The number of thiazole rings is 1. The van der Waals surface area contributed by atoms with Crippen LogP contribution in [0.4, 0.5) is 0 Å². The Bertz CT molecular complexity index is 858. The van der Waals surface area contributed by atoms with Crippen LogP contribution in [0.25, 0.3) is 0 Å². The lowest BCUT2D eigenvalue weighted by Gasteiger charge is -2.40. The fourth-order valence-electron chi connectivity index (χ4n) is 5.11. The highest BCUT2D eigenvalue weighted by Crippen LogP contribution is 2.64. The topological polar surface area (TPSA) is 45.2 Å². The van der Waals surface area contributed by atoms with Crippen molar-refractivity contribution in [3.05, 3.63) is 32.6 Å². The van der Waals surface area contributed by atoms with Crippen molar-refractivity contribution in [2.45, 2.75) is 35.5 Å². The van der Waals surface area contributed by atoms with E-state index in [1.54, 1.807) is 24.5 Å². The summed E-state index contributed by atoms with van der Waals surface area (Å²) in [5.41, 5.74) is 1.25. The lowest BCUT2D eigenvalue weighted by molar-refractivity contribution is 0.306. The number of H-pyrrole nitrogens is 1. The van der Waals surface area contributed by atoms with Crippen molar-refractivity contribution in [3.8, 4) is 11.5 Å². The number of nitrogens with one attached hydrogen (secondary N) is 1. The molecular weight excluding hydrogens is 358 g/mol. The van der Waals surface area contributed by atoms with E-state index in [2.05, 4.69) is 11.1 Å². The number of ether oxygens (including phenoxy) is 1. The number of hydrogen-bond donors (Lipinski definition) is 2. The van der Waals surface area contributed by atoms with Gasteiger partial charge in [0.2, 0.25) is 0 Å². The van der Waals surface area contributed by atoms with Crippen molar-refractivity contribution in [1.82, 2.24) is 4.98 Å². The van der Waals surface area contributed by atoms with E-state index in [4.69, 9.17) is 17.0 Å². The predicted octanol–water partition coefficient (Wildman–Crippen LogP) is 5.17. The number of fused-ring (bicyclic) bond motifs is 6. The third-order valence-corrected chi connectivity index (χ3v) is 9.00. The molecule has 0 spiro atoms. The zero-order chi connectivity index (χ0) is 16.4. The van der Waals surface area contributed by atoms with Crippen LogP contribution in [0.5, 0.6) is 11.5 Å². The van der Waals surface area contributed by atoms with E-state index >= 15 is 0 Å². The first-order chi connectivity index (χ1) is 11.7. The fraction of sp³-hybridized carbons (Fsp3) is 0.500. The molecule has 5 unspecified atom stereocenters. The second-order valence-electron chi connectivity index (χ2n) is 7.11. The van der Waals surface area contributed by atoms with Crippen LogP contribution >= 0.6 is 35.3 Å². The van der Waals surface area contributed by atoms with Gasteiger partial charge in [0.1, 0.15) is 0 Å². The Hall–Kier alpha value is -0.980. The van der Waals surface area contributed by atoms with E-state index < -0.39 is 0 Å². The van der Waals surface area contributed by atoms with Gasteiger partial charge < -0.3 is 14.8 Å². The number of phenols is 1. The van der Waals surface area contributed by atoms with Gasteiger partial charge in [0.25, 0.3) is 0 Å². The maximum atomic E-state index is 9.98. The molecule has 2 fully saturated rings. The number of hydrogen-bond acceptors (Lipinski definition) is 5. The Morgan fingerprint density at radius 1 is 1.29 bits per heavy atom. The summed E-state index contributed by atoms with van der Waals surface area (Å²) < 4.78 is 6.23. The Morgan fingerprint density at radius 2 is 2.12 bits per heavy atom. The smallest absolute Gasteiger partial charge is 0.160 e. The second kappa shape index (κ2) is 5.51. The highest BCUT2D eigenvalue weighted by Gasteiger charge is 2.54. The predicted molar refractivity (Wildman–Crippen MR) is 100.0 cm³/mol. The minimum absolute atomic E-state index is 0.206. The molecule has 2 saturated carbocycles. The van der Waals surface area contributed by atoms with Gasteiger partial charge in [-0.15, -0.1) is 23.1 Å². The van der Waals surface area contributed by atoms with Crippen LogP contribution in [0.15, 0.2) is 23.2 Å². The first-order valence-corrected chi connectivity index (χ1v) is 10.5. The molecule has 2 bridgehead atoms. The van der Waals surface area contributed by atoms with E-state index in [1.807, 2.05) is 17.8 Å². The van der Waals surface area contributed by atoms with Crippen LogP contribution in [0.2, 0.25) is 0 Å². The van der Waals surface area contributed by atoms with Crippen LogP contribution in [0.3, 0.4) is 0 Å². The monoisotopic (exact) mass is 377 g/mol. The minimum Gasteiger partial charge on any atom is -0.504 e. The Balaban J connectivity index is 1.68. The van der Waals surface area contributed by atoms with Gasteiger partial charge in [-0.3, -0.25) is 0 Å². The summed E-state index contributed by atoms with van der Waals surface area (Å²) in [5, 5.41) is 11.9. The molecule has 2 heterocycles. The lowest BCUT2D eigenvalue weighted by atomic mass is 9.75. The van der Waals surface area contributed by atoms with Crippen LogP contribution < -0.4 is 4.74 Å². The Morgan fingerprint density at radius 3 is 2.96 bits per heavy atom. The molecule has 24 heavy (non-hydrogen) atoms. The number of aromatic nitrogens is 1. The number of thioether (sulfide) groups is 1. The Labute approximate surface area is 154 Å². The molecule has 0 saturated heterocycles. The third-order valence-electron chi connectivity index (χ3n) is 6.03. The van der Waals surface area contributed by atoms with E-state index in [0.29, 0.717) is 22.8 Å². The van der Waals surface area contributed by atoms with Crippen molar-refractivity contribution in [3.63, 3.8) is 0 Å². The Kier molecular flexibility index (Phi) is 3.51. The number of phenolic OH excluding ortho intramolecular Hbond substituents is 1. The van der Waals surface area contributed by atoms with Gasteiger partial charge in [0, 0.05) is 16.0 Å². The number of aromatic hydroxyl groups is 1. The number of benzene rings is 1. The van der Waals surface area contributed by atoms with E-state index in [1.165, 1.54) is 34.7 Å². The maximum absolute atomic E-state index is 9.98. The van der Waals surface area contributed by atoms with Crippen molar-refractivity contribution in [2.75, 3.05) is 7.11 Å². The van der Waals surface area contributed by atoms with Gasteiger partial charge in [0.15, 0.2) is 15.5 Å². The molecule has 5 atom stereocenters. The quantitative estimate of drug-likeness (QED) is 0.709. The van der Waals surface area contributed by atoms with Crippen molar-refractivity contribution in [2.24, 2.45) is 17.8 Å². The summed E-state index contributed by atoms with van der Waals surface area (Å²) in [6.07, 6.45) is 4.12. The van der Waals surface area contributed by atoms with Gasteiger partial charge in [-0.25, -0.2) is 0 Å². The summed E-state index contributed by atoms with van der Waals surface area (Å²) >= 11 is 9.20. The van der Waals surface area contributed by atoms with Gasteiger partial charge in [0.05, 0.1) is 12.1 Å². The molecule has 6 heteroatoms. The first-order valence-electron chi connectivity index (χ1n) is 8.42.